The summed E-state index contributed by atoms with van der Waals surface area (Å²) in [6.45, 7) is 2.29. The number of nitrogens with zero attached hydrogens (tertiary/aromatic N) is 1. The first-order valence-electron chi connectivity index (χ1n) is 7.50. The van der Waals surface area contributed by atoms with Crippen LogP contribution in [-0.2, 0) is 4.74 Å². The molecule has 0 radical (unpaired) electrons. The van der Waals surface area contributed by atoms with Crippen molar-refractivity contribution in [2.24, 2.45) is 5.92 Å². The highest BCUT2D eigenvalue weighted by Crippen LogP contribution is 2.37. The summed E-state index contributed by atoms with van der Waals surface area (Å²) in [5.41, 5.74) is 4.48. The predicted molar refractivity (Wildman–Crippen MR) is 89.9 cm³/mol. The van der Waals surface area contributed by atoms with Crippen molar-refractivity contribution in [1.82, 2.24) is 4.98 Å². The monoisotopic (exact) mass is 313 g/mol. The van der Waals surface area contributed by atoms with E-state index in [0.717, 1.165) is 29.9 Å². The van der Waals surface area contributed by atoms with Crippen LogP contribution in [0.2, 0.25) is 0 Å². The van der Waals surface area contributed by atoms with Gasteiger partial charge in [0.05, 0.1) is 7.11 Å². The maximum atomic E-state index is 12.0. The minimum atomic E-state index is -0.286. The summed E-state index contributed by atoms with van der Waals surface area (Å²) >= 11 is 1.41. The first kappa shape index (κ1) is 15.0. The third kappa shape index (κ3) is 2.83. The average molecular weight is 313 g/mol. The Hall–Kier alpha value is -1.94. The second-order valence-corrected chi connectivity index (χ2v) is 6.60. The summed E-state index contributed by atoms with van der Waals surface area (Å²) in [6, 6.07) is 4.03. The standard InChI is InChI=1S/C18H19NO2S/c1-12-3-5-13(6-4-12)14-7-9-19-11-16(14)15-8-10-22-17(15)18(20)21-2/h5,7-12H,3-4,6H2,1-2H3. The van der Waals surface area contributed by atoms with Crippen molar-refractivity contribution in [2.75, 3.05) is 7.11 Å². The van der Waals surface area contributed by atoms with Crippen molar-refractivity contribution in [2.45, 2.75) is 26.2 Å². The molecule has 1 aliphatic rings. The van der Waals surface area contributed by atoms with E-state index in [0.29, 0.717) is 4.88 Å². The first-order chi connectivity index (χ1) is 10.7. The lowest BCUT2D eigenvalue weighted by molar-refractivity contribution is 0.0607. The van der Waals surface area contributed by atoms with Gasteiger partial charge in [-0.15, -0.1) is 11.3 Å². The lowest BCUT2D eigenvalue weighted by Crippen LogP contribution is -2.04. The first-order valence-corrected chi connectivity index (χ1v) is 8.38. The van der Waals surface area contributed by atoms with Crippen LogP contribution in [0.1, 0.15) is 41.4 Å². The summed E-state index contributed by atoms with van der Waals surface area (Å²) in [5.74, 6) is 0.465. The van der Waals surface area contributed by atoms with Gasteiger partial charge in [0.2, 0.25) is 0 Å². The fourth-order valence-electron chi connectivity index (χ4n) is 2.87. The summed E-state index contributed by atoms with van der Waals surface area (Å²) < 4.78 is 4.89. The lowest BCUT2D eigenvalue weighted by Gasteiger charge is -2.20. The van der Waals surface area contributed by atoms with E-state index in [1.54, 1.807) is 0 Å². The van der Waals surface area contributed by atoms with Gasteiger partial charge in [0.25, 0.3) is 0 Å². The molecule has 1 atom stereocenters. The molecular formula is C18H19NO2S. The van der Waals surface area contributed by atoms with Crippen LogP contribution >= 0.6 is 11.3 Å². The number of pyridine rings is 1. The highest BCUT2D eigenvalue weighted by Gasteiger charge is 2.20. The highest BCUT2D eigenvalue weighted by atomic mass is 32.1. The number of carbonyl (C=O) groups is 1. The van der Waals surface area contributed by atoms with Crippen LogP contribution in [-0.4, -0.2) is 18.1 Å². The molecule has 0 aliphatic heterocycles. The van der Waals surface area contributed by atoms with Crippen molar-refractivity contribution < 1.29 is 9.53 Å². The Kier molecular flexibility index (Phi) is 4.39. The molecule has 3 nitrogen and oxygen atoms in total. The number of hydrogen-bond donors (Lipinski definition) is 0. The van der Waals surface area contributed by atoms with Gasteiger partial charge in [-0.1, -0.05) is 13.0 Å². The zero-order valence-electron chi connectivity index (χ0n) is 12.8. The van der Waals surface area contributed by atoms with Crippen LogP contribution in [0.15, 0.2) is 36.0 Å². The van der Waals surface area contributed by atoms with Crippen LogP contribution in [0.4, 0.5) is 0 Å². The predicted octanol–water partition coefficient (Wildman–Crippen LogP) is 4.80. The number of carbonyl (C=O) groups excluding carboxylic acids is 1. The Bertz CT molecular complexity index is 717. The van der Waals surface area contributed by atoms with Gasteiger partial charge in [0.15, 0.2) is 0 Å². The molecule has 22 heavy (non-hydrogen) atoms. The number of ether oxygens (including phenoxy) is 1. The molecule has 114 valence electrons. The number of thiophene rings is 1. The van der Waals surface area contributed by atoms with Crippen LogP contribution in [0.3, 0.4) is 0 Å². The molecule has 0 N–H and O–H groups in total. The number of allylic oxidation sites excluding steroid dienone is 2. The lowest BCUT2D eigenvalue weighted by atomic mass is 9.85. The molecule has 0 fully saturated rings. The number of hydrogen-bond acceptors (Lipinski definition) is 4. The maximum Gasteiger partial charge on any atom is 0.348 e. The molecule has 0 saturated heterocycles. The van der Waals surface area contributed by atoms with E-state index in [-0.39, 0.29) is 5.97 Å². The minimum Gasteiger partial charge on any atom is -0.465 e. The zero-order chi connectivity index (χ0) is 15.5. The van der Waals surface area contributed by atoms with E-state index >= 15 is 0 Å². The van der Waals surface area contributed by atoms with E-state index in [4.69, 9.17) is 4.74 Å². The van der Waals surface area contributed by atoms with E-state index in [9.17, 15) is 4.79 Å². The van der Waals surface area contributed by atoms with Crippen molar-refractivity contribution >= 4 is 22.9 Å². The Morgan fingerprint density at radius 3 is 2.91 bits per heavy atom. The summed E-state index contributed by atoms with van der Waals surface area (Å²) in [7, 11) is 1.42. The van der Waals surface area contributed by atoms with Crippen LogP contribution in [0.25, 0.3) is 16.7 Å². The van der Waals surface area contributed by atoms with Gasteiger partial charge in [-0.2, -0.15) is 0 Å². The van der Waals surface area contributed by atoms with Crippen LogP contribution in [0, 0.1) is 5.92 Å². The van der Waals surface area contributed by atoms with Gasteiger partial charge >= 0.3 is 5.97 Å². The summed E-state index contributed by atoms with van der Waals surface area (Å²) in [6.07, 6.45) is 9.41. The number of aromatic nitrogens is 1. The van der Waals surface area contributed by atoms with Gasteiger partial charge < -0.3 is 4.74 Å². The SMILES string of the molecule is COC(=O)c1sccc1-c1cnccc1C1=CCC(C)CC1. The zero-order valence-corrected chi connectivity index (χ0v) is 13.7. The molecule has 1 unspecified atom stereocenters. The molecule has 4 heteroatoms. The fourth-order valence-corrected chi connectivity index (χ4v) is 3.70. The van der Waals surface area contributed by atoms with Crippen molar-refractivity contribution in [3.8, 4) is 11.1 Å². The van der Waals surface area contributed by atoms with Crippen molar-refractivity contribution in [3.63, 3.8) is 0 Å². The average Bonchev–Trinajstić information content (AvgIpc) is 3.04. The topological polar surface area (TPSA) is 39.2 Å². The summed E-state index contributed by atoms with van der Waals surface area (Å²) in [4.78, 5) is 16.9. The largest absolute Gasteiger partial charge is 0.465 e. The van der Waals surface area contributed by atoms with Gasteiger partial charge in [0, 0.05) is 23.5 Å². The van der Waals surface area contributed by atoms with Gasteiger partial charge in [-0.05, 0) is 53.8 Å². The second-order valence-electron chi connectivity index (χ2n) is 5.69. The molecule has 2 heterocycles. The van der Waals surface area contributed by atoms with Gasteiger partial charge in [0.1, 0.15) is 4.88 Å². The van der Waals surface area contributed by atoms with E-state index in [1.807, 2.05) is 23.8 Å². The molecule has 2 aromatic heterocycles. The smallest absolute Gasteiger partial charge is 0.348 e. The Morgan fingerprint density at radius 1 is 1.32 bits per heavy atom. The molecule has 3 rings (SSSR count). The van der Waals surface area contributed by atoms with E-state index in [1.165, 1.54) is 36.0 Å². The molecule has 0 spiro atoms. The molecule has 2 aromatic rings. The third-order valence-corrected chi connectivity index (χ3v) is 5.06. The molecule has 0 aromatic carbocycles. The quantitative estimate of drug-likeness (QED) is 0.764. The van der Waals surface area contributed by atoms with Gasteiger partial charge in [-0.3, -0.25) is 4.98 Å². The third-order valence-electron chi connectivity index (χ3n) is 4.17. The molecule has 0 saturated carbocycles. The number of esters is 1. The molecular weight excluding hydrogens is 294 g/mol. The molecule has 0 bridgehead atoms. The maximum absolute atomic E-state index is 12.0. The van der Waals surface area contributed by atoms with E-state index in [2.05, 4.69) is 24.1 Å². The Labute approximate surface area is 134 Å². The second kappa shape index (κ2) is 6.44. The minimum absolute atomic E-state index is 0.286. The fraction of sp³-hybridized carbons (Fsp3) is 0.333. The highest BCUT2D eigenvalue weighted by molar-refractivity contribution is 7.12. The van der Waals surface area contributed by atoms with E-state index < -0.39 is 0 Å². The Balaban J connectivity index is 2.06. The summed E-state index contributed by atoms with van der Waals surface area (Å²) in [5, 5.41) is 1.93. The molecule has 1 aliphatic carbocycles. The van der Waals surface area contributed by atoms with Crippen LogP contribution in [0.5, 0.6) is 0 Å². The normalized spacial score (nSPS) is 17.9. The molecule has 0 amide bonds. The Morgan fingerprint density at radius 2 is 2.18 bits per heavy atom. The number of methoxy groups -OCH3 is 1. The van der Waals surface area contributed by atoms with Crippen molar-refractivity contribution in [3.05, 3.63) is 46.4 Å². The van der Waals surface area contributed by atoms with Gasteiger partial charge in [-0.25, -0.2) is 4.79 Å². The van der Waals surface area contributed by atoms with Crippen molar-refractivity contribution in [1.29, 1.82) is 0 Å². The van der Waals surface area contributed by atoms with Crippen LogP contribution < -0.4 is 0 Å². The number of rotatable bonds is 3.